The molecule has 1 aromatic rings. The van der Waals surface area contributed by atoms with Crippen molar-refractivity contribution in [3.63, 3.8) is 0 Å². The van der Waals surface area contributed by atoms with Crippen molar-refractivity contribution in [1.29, 1.82) is 0 Å². The summed E-state index contributed by atoms with van der Waals surface area (Å²) in [5.41, 5.74) is 2.73. The van der Waals surface area contributed by atoms with Gasteiger partial charge in [0, 0.05) is 41.9 Å². The van der Waals surface area contributed by atoms with E-state index in [0.717, 1.165) is 18.1 Å². The van der Waals surface area contributed by atoms with E-state index in [1.54, 1.807) is 0 Å². The van der Waals surface area contributed by atoms with E-state index >= 15 is 0 Å². The first kappa shape index (κ1) is 17.3. The fraction of sp³-hybridized carbons (Fsp3) is 0.647. The van der Waals surface area contributed by atoms with Gasteiger partial charge in [0.25, 0.3) is 0 Å². The van der Waals surface area contributed by atoms with Crippen LogP contribution >= 0.6 is 11.6 Å². The average molecular weight is 297 g/mol. The van der Waals surface area contributed by atoms with Gasteiger partial charge in [-0.05, 0) is 38.3 Å². The van der Waals surface area contributed by atoms with Crippen molar-refractivity contribution in [2.24, 2.45) is 5.41 Å². The van der Waals surface area contributed by atoms with E-state index in [0.29, 0.717) is 0 Å². The zero-order chi connectivity index (χ0) is 15.6. The SMILES string of the molecule is CN(CC(C)(C)C)c1cccc(Cl)c1CNC(C)(C)C. The minimum Gasteiger partial charge on any atom is -0.374 e. The topological polar surface area (TPSA) is 15.3 Å². The summed E-state index contributed by atoms with van der Waals surface area (Å²) in [5, 5.41) is 4.36. The van der Waals surface area contributed by atoms with E-state index in [9.17, 15) is 0 Å². The highest BCUT2D eigenvalue weighted by Crippen LogP contribution is 2.29. The molecule has 0 aliphatic rings. The maximum Gasteiger partial charge on any atom is 0.0471 e. The van der Waals surface area contributed by atoms with Crippen LogP contribution in [0.2, 0.25) is 5.02 Å². The van der Waals surface area contributed by atoms with Crippen LogP contribution in [0.15, 0.2) is 18.2 Å². The second-order valence-corrected chi connectivity index (χ2v) is 8.16. The Morgan fingerprint density at radius 3 is 2.20 bits per heavy atom. The van der Waals surface area contributed by atoms with Gasteiger partial charge in [-0.1, -0.05) is 38.4 Å². The van der Waals surface area contributed by atoms with Crippen molar-refractivity contribution in [2.45, 2.75) is 53.6 Å². The number of benzene rings is 1. The Hall–Kier alpha value is -0.730. The van der Waals surface area contributed by atoms with E-state index in [4.69, 9.17) is 11.6 Å². The van der Waals surface area contributed by atoms with Gasteiger partial charge >= 0.3 is 0 Å². The van der Waals surface area contributed by atoms with E-state index in [-0.39, 0.29) is 11.0 Å². The van der Waals surface area contributed by atoms with Crippen molar-refractivity contribution >= 4 is 17.3 Å². The van der Waals surface area contributed by atoms with Crippen molar-refractivity contribution < 1.29 is 0 Å². The molecule has 3 heteroatoms. The van der Waals surface area contributed by atoms with Crippen molar-refractivity contribution in [3.05, 3.63) is 28.8 Å². The number of anilines is 1. The first-order valence-electron chi connectivity index (χ1n) is 7.23. The van der Waals surface area contributed by atoms with E-state index < -0.39 is 0 Å². The Morgan fingerprint density at radius 1 is 1.10 bits per heavy atom. The van der Waals surface area contributed by atoms with Gasteiger partial charge in [0.15, 0.2) is 0 Å². The predicted molar refractivity (Wildman–Crippen MR) is 90.8 cm³/mol. The first-order valence-corrected chi connectivity index (χ1v) is 7.61. The molecule has 0 saturated heterocycles. The molecule has 0 fully saturated rings. The summed E-state index contributed by atoms with van der Waals surface area (Å²) in [4.78, 5) is 2.30. The van der Waals surface area contributed by atoms with Crippen molar-refractivity contribution in [1.82, 2.24) is 5.32 Å². The summed E-state index contributed by atoms with van der Waals surface area (Å²) in [7, 11) is 2.14. The Labute approximate surface area is 129 Å². The van der Waals surface area contributed by atoms with E-state index in [1.807, 2.05) is 12.1 Å². The Kier molecular flexibility index (Phi) is 5.51. The minimum absolute atomic E-state index is 0.0824. The number of halogens is 1. The number of hydrogen-bond donors (Lipinski definition) is 1. The molecule has 0 spiro atoms. The molecule has 0 aliphatic carbocycles. The fourth-order valence-electron chi connectivity index (χ4n) is 2.23. The summed E-state index contributed by atoms with van der Waals surface area (Å²) in [6, 6.07) is 6.14. The van der Waals surface area contributed by atoms with Crippen LogP contribution in [0.3, 0.4) is 0 Å². The summed E-state index contributed by atoms with van der Waals surface area (Å²) in [6.07, 6.45) is 0. The van der Waals surface area contributed by atoms with Crippen LogP contribution in [0.25, 0.3) is 0 Å². The summed E-state index contributed by atoms with van der Waals surface area (Å²) < 4.78 is 0. The smallest absolute Gasteiger partial charge is 0.0471 e. The van der Waals surface area contributed by atoms with Crippen molar-refractivity contribution in [2.75, 3.05) is 18.5 Å². The molecule has 0 aliphatic heterocycles. The van der Waals surface area contributed by atoms with E-state index in [2.05, 4.69) is 64.9 Å². The maximum absolute atomic E-state index is 6.41. The van der Waals surface area contributed by atoms with Crippen LogP contribution in [0.4, 0.5) is 5.69 Å². The molecule has 1 aromatic carbocycles. The molecule has 0 aromatic heterocycles. The lowest BCUT2D eigenvalue weighted by atomic mass is 9.95. The third kappa shape index (κ3) is 5.72. The molecule has 0 heterocycles. The third-order valence-electron chi connectivity index (χ3n) is 3.01. The lowest BCUT2D eigenvalue weighted by Gasteiger charge is -2.31. The van der Waals surface area contributed by atoms with Crippen LogP contribution in [0.1, 0.15) is 47.1 Å². The standard InChI is InChI=1S/C17H29ClN2/c1-16(2,3)12-20(7)15-10-8-9-14(18)13(15)11-19-17(4,5)6/h8-10,19H,11-12H2,1-7H3. The molecular formula is C17H29ClN2. The summed E-state index contributed by atoms with van der Waals surface area (Å²) in [5.74, 6) is 0. The van der Waals surface area contributed by atoms with Gasteiger partial charge in [0.1, 0.15) is 0 Å². The number of nitrogens with zero attached hydrogens (tertiary/aromatic N) is 1. The Morgan fingerprint density at radius 2 is 1.70 bits per heavy atom. The van der Waals surface area contributed by atoms with Crippen LogP contribution in [-0.4, -0.2) is 19.1 Å². The molecule has 114 valence electrons. The highest BCUT2D eigenvalue weighted by atomic mass is 35.5. The molecule has 0 amide bonds. The zero-order valence-electron chi connectivity index (χ0n) is 14.0. The molecule has 1 N–H and O–H groups in total. The quantitative estimate of drug-likeness (QED) is 0.865. The average Bonchev–Trinajstić information content (AvgIpc) is 2.23. The van der Waals surface area contributed by atoms with Gasteiger partial charge in [-0.15, -0.1) is 0 Å². The lowest BCUT2D eigenvalue weighted by Crippen LogP contribution is -2.36. The van der Waals surface area contributed by atoms with Gasteiger partial charge in [-0.3, -0.25) is 0 Å². The van der Waals surface area contributed by atoms with Crippen LogP contribution in [0, 0.1) is 5.41 Å². The number of nitrogens with one attached hydrogen (secondary N) is 1. The first-order chi connectivity index (χ1) is 8.99. The molecule has 2 nitrogen and oxygen atoms in total. The molecule has 0 unspecified atom stereocenters. The van der Waals surface area contributed by atoms with Gasteiger partial charge in [0.2, 0.25) is 0 Å². The normalized spacial score (nSPS) is 12.6. The number of hydrogen-bond acceptors (Lipinski definition) is 2. The molecular weight excluding hydrogens is 268 g/mol. The maximum atomic E-state index is 6.41. The Bertz CT molecular complexity index is 441. The molecule has 0 atom stereocenters. The van der Waals surface area contributed by atoms with Gasteiger partial charge in [-0.2, -0.15) is 0 Å². The molecule has 0 saturated carbocycles. The monoisotopic (exact) mass is 296 g/mol. The highest BCUT2D eigenvalue weighted by Gasteiger charge is 2.18. The molecule has 0 radical (unpaired) electrons. The van der Waals surface area contributed by atoms with Crippen LogP contribution in [0.5, 0.6) is 0 Å². The molecule has 1 rings (SSSR count). The molecule has 20 heavy (non-hydrogen) atoms. The fourth-order valence-corrected chi connectivity index (χ4v) is 2.47. The highest BCUT2D eigenvalue weighted by molar-refractivity contribution is 6.31. The number of rotatable bonds is 4. The second-order valence-electron chi connectivity index (χ2n) is 7.76. The summed E-state index contributed by atoms with van der Waals surface area (Å²) in [6.45, 7) is 15.0. The molecule has 0 bridgehead atoms. The van der Waals surface area contributed by atoms with E-state index in [1.165, 1.54) is 11.3 Å². The van der Waals surface area contributed by atoms with Gasteiger partial charge < -0.3 is 10.2 Å². The predicted octanol–water partition coefficient (Wildman–Crippen LogP) is 4.71. The zero-order valence-corrected chi connectivity index (χ0v) is 14.7. The van der Waals surface area contributed by atoms with Crippen LogP contribution in [-0.2, 0) is 6.54 Å². The van der Waals surface area contributed by atoms with Gasteiger partial charge in [0.05, 0.1) is 0 Å². The van der Waals surface area contributed by atoms with Crippen LogP contribution < -0.4 is 10.2 Å². The minimum atomic E-state index is 0.0824. The Balaban J connectivity index is 2.99. The van der Waals surface area contributed by atoms with Crippen molar-refractivity contribution in [3.8, 4) is 0 Å². The second kappa shape index (κ2) is 6.36. The third-order valence-corrected chi connectivity index (χ3v) is 3.37. The largest absolute Gasteiger partial charge is 0.374 e. The van der Waals surface area contributed by atoms with Gasteiger partial charge in [-0.25, -0.2) is 0 Å². The summed E-state index contributed by atoms with van der Waals surface area (Å²) >= 11 is 6.41. The lowest BCUT2D eigenvalue weighted by molar-refractivity contribution is 0.414.